The van der Waals surface area contributed by atoms with Gasteiger partial charge in [-0.15, -0.1) is 0 Å². The smallest absolute Gasteiger partial charge is 0.217 e. The topological polar surface area (TPSA) is 111 Å². The third-order valence-corrected chi connectivity index (χ3v) is 3.36. The monoisotopic (exact) mass is 329 g/mol. The van der Waals surface area contributed by atoms with E-state index in [4.69, 9.17) is 5.11 Å². The van der Waals surface area contributed by atoms with Gasteiger partial charge in [-0.25, -0.2) is 8.42 Å². The molecule has 0 aliphatic carbocycles. The van der Waals surface area contributed by atoms with Crippen LogP contribution < -0.4 is 4.90 Å². The average molecular weight is 329 g/mol. The molecule has 0 amide bonds. The number of quaternary nitrogens is 1. The van der Waals surface area contributed by atoms with Gasteiger partial charge in [-0.1, -0.05) is 32.6 Å². The summed E-state index contributed by atoms with van der Waals surface area (Å²) < 4.78 is 31.0. The van der Waals surface area contributed by atoms with Crippen molar-refractivity contribution in [2.45, 2.75) is 51.6 Å². The molecule has 0 spiro atoms. The van der Waals surface area contributed by atoms with Crippen LogP contribution in [0.2, 0.25) is 0 Å². The highest BCUT2D eigenvalue weighted by Gasteiger charge is 2.08. The lowest BCUT2D eigenvalue weighted by atomic mass is 10.1. The molecule has 0 aliphatic rings. The van der Waals surface area contributed by atoms with Crippen molar-refractivity contribution in [3.8, 4) is 0 Å². The Morgan fingerprint density at radius 1 is 1.19 bits per heavy atom. The molecule has 8 heteroatoms. The first-order valence-corrected chi connectivity index (χ1v) is 8.71. The van der Waals surface area contributed by atoms with Gasteiger partial charge in [0.1, 0.15) is 12.6 Å². The lowest BCUT2D eigenvalue weighted by molar-refractivity contribution is -0.883. The highest BCUT2D eigenvalue weighted by molar-refractivity contribution is 7.80. The summed E-state index contributed by atoms with van der Waals surface area (Å²) in [7, 11) is -1.53. The minimum absolute atomic E-state index is 0.117. The van der Waals surface area contributed by atoms with Crippen molar-refractivity contribution >= 4 is 10.4 Å². The third-order valence-electron chi connectivity index (χ3n) is 2.96. The minimum atomic E-state index is -4.41. The van der Waals surface area contributed by atoms with Gasteiger partial charge in [-0.3, -0.25) is 4.18 Å². The number of hydrogen-bond donors (Lipinski definition) is 3. The zero-order valence-electron chi connectivity index (χ0n) is 13.4. The molecule has 2 atom stereocenters. The summed E-state index contributed by atoms with van der Waals surface area (Å²) in [5, 5.41) is 17.9. The van der Waals surface area contributed by atoms with Gasteiger partial charge in [-0.05, 0) is 12.8 Å². The molecule has 0 aromatic carbocycles. The predicted octanol–water partition coefficient (Wildman–Crippen LogP) is -0.692. The van der Waals surface area contributed by atoms with Crippen LogP contribution in [0.15, 0.2) is 0 Å². The van der Waals surface area contributed by atoms with E-state index in [1.165, 1.54) is 43.4 Å². The van der Waals surface area contributed by atoms with Crippen molar-refractivity contribution in [3.05, 3.63) is 0 Å². The fourth-order valence-electron chi connectivity index (χ4n) is 1.78. The molecule has 0 heterocycles. The van der Waals surface area contributed by atoms with Crippen molar-refractivity contribution in [1.82, 2.24) is 0 Å². The average Bonchev–Trinajstić information content (AvgIpc) is 2.42. The minimum Gasteiger partial charge on any atom is -0.726 e. The van der Waals surface area contributed by atoms with Gasteiger partial charge < -0.3 is 19.7 Å². The largest absolute Gasteiger partial charge is 0.726 e. The van der Waals surface area contributed by atoms with Crippen LogP contribution in [0.5, 0.6) is 0 Å². The molecule has 0 aromatic rings. The molecule has 0 radical (unpaired) electrons. The summed E-state index contributed by atoms with van der Waals surface area (Å²) in [6.07, 6.45) is 7.32. The van der Waals surface area contributed by atoms with Crippen molar-refractivity contribution in [3.63, 3.8) is 0 Å². The lowest BCUT2D eigenvalue weighted by Gasteiger charge is -2.16. The Labute approximate surface area is 128 Å². The standard InChI is InChI=1S/C12H27NO2.CH4O4S/c1-3-4-5-6-7-8-9-13(2)10-12(15)11-14;1-5-6(2,3)4/h12,14-15H,3-11H2,1-2H3;1H3,(H,2,3,4). The number of hydrogen-bond acceptors (Lipinski definition) is 6. The summed E-state index contributed by atoms with van der Waals surface area (Å²) in [4.78, 5) is 1.31. The SMILES string of the molecule is CCCCCCCC[NH+](C)CC(O)CO.COS(=O)(=O)[O-]. The van der Waals surface area contributed by atoms with Gasteiger partial charge in [-0.2, -0.15) is 0 Å². The molecule has 0 saturated heterocycles. The molecule has 130 valence electrons. The van der Waals surface area contributed by atoms with E-state index in [0.29, 0.717) is 6.54 Å². The number of rotatable bonds is 11. The van der Waals surface area contributed by atoms with Crippen LogP contribution in [0.1, 0.15) is 45.4 Å². The van der Waals surface area contributed by atoms with Crippen LogP contribution in [0.4, 0.5) is 0 Å². The maximum absolute atomic E-state index is 9.23. The van der Waals surface area contributed by atoms with Crippen LogP contribution in [0, 0.1) is 0 Å². The summed E-state index contributed by atoms with van der Waals surface area (Å²) in [5.41, 5.74) is 0. The van der Waals surface area contributed by atoms with E-state index in [-0.39, 0.29) is 6.61 Å². The summed E-state index contributed by atoms with van der Waals surface area (Å²) in [6, 6.07) is 0. The first-order valence-electron chi connectivity index (χ1n) is 7.38. The zero-order valence-corrected chi connectivity index (χ0v) is 14.2. The molecule has 0 bridgehead atoms. The van der Waals surface area contributed by atoms with E-state index in [1.807, 2.05) is 0 Å². The summed E-state index contributed by atoms with van der Waals surface area (Å²) in [5.74, 6) is 0. The summed E-state index contributed by atoms with van der Waals surface area (Å²) in [6.45, 7) is 3.87. The van der Waals surface area contributed by atoms with Gasteiger partial charge in [0.2, 0.25) is 10.4 Å². The highest BCUT2D eigenvalue weighted by Crippen LogP contribution is 2.03. The van der Waals surface area contributed by atoms with E-state index in [0.717, 1.165) is 13.7 Å². The molecule has 3 N–H and O–H groups in total. The van der Waals surface area contributed by atoms with Gasteiger partial charge in [0.25, 0.3) is 0 Å². The molecule has 0 fully saturated rings. The van der Waals surface area contributed by atoms with Gasteiger partial charge >= 0.3 is 0 Å². The Balaban J connectivity index is 0. The molecule has 0 aromatic heterocycles. The number of likely N-dealkylation sites (N-methyl/N-ethyl adjacent to an activating group) is 1. The van der Waals surface area contributed by atoms with Crippen LogP contribution in [-0.4, -0.2) is 63.1 Å². The van der Waals surface area contributed by atoms with Crippen LogP contribution in [0.3, 0.4) is 0 Å². The van der Waals surface area contributed by atoms with Crippen LogP contribution in [0.25, 0.3) is 0 Å². The number of aliphatic hydroxyl groups is 2. The van der Waals surface area contributed by atoms with Crippen molar-refractivity contribution in [2.24, 2.45) is 0 Å². The van der Waals surface area contributed by atoms with E-state index < -0.39 is 16.5 Å². The molecule has 21 heavy (non-hydrogen) atoms. The third kappa shape index (κ3) is 22.2. The molecule has 2 unspecified atom stereocenters. The number of unbranched alkanes of at least 4 members (excludes halogenated alkanes) is 5. The van der Waals surface area contributed by atoms with Crippen molar-refractivity contribution in [2.75, 3.05) is 33.9 Å². The van der Waals surface area contributed by atoms with Gasteiger partial charge in [0, 0.05) is 0 Å². The Hall–Kier alpha value is -0.250. The van der Waals surface area contributed by atoms with Gasteiger partial charge in [0.15, 0.2) is 0 Å². The second-order valence-corrected chi connectivity index (χ2v) is 6.24. The fourth-order valence-corrected chi connectivity index (χ4v) is 1.78. The van der Waals surface area contributed by atoms with E-state index >= 15 is 0 Å². The maximum atomic E-state index is 9.23. The number of nitrogens with one attached hydrogen (secondary N) is 1. The predicted molar refractivity (Wildman–Crippen MR) is 79.8 cm³/mol. The van der Waals surface area contributed by atoms with Crippen molar-refractivity contribution < 1.29 is 32.3 Å². The van der Waals surface area contributed by atoms with E-state index in [2.05, 4.69) is 18.2 Å². The van der Waals surface area contributed by atoms with Crippen LogP contribution in [-0.2, 0) is 14.6 Å². The molecule has 0 saturated carbocycles. The Bertz CT molecular complexity index is 310. The highest BCUT2D eigenvalue weighted by atomic mass is 32.3. The van der Waals surface area contributed by atoms with E-state index in [9.17, 15) is 18.1 Å². The normalized spacial score (nSPS) is 14.2. The zero-order chi connectivity index (χ0) is 16.7. The van der Waals surface area contributed by atoms with Crippen molar-refractivity contribution in [1.29, 1.82) is 0 Å². The maximum Gasteiger partial charge on any atom is 0.217 e. The fraction of sp³-hybridized carbons (Fsp3) is 1.00. The molecule has 0 rings (SSSR count). The van der Waals surface area contributed by atoms with Crippen LogP contribution >= 0.6 is 0 Å². The summed E-state index contributed by atoms with van der Waals surface area (Å²) >= 11 is 0. The first kappa shape index (κ1) is 23.0. The second kappa shape index (κ2) is 14.7. The molecule has 7 nitrogen and oxygen atoms in total. The van der Waals surface area contributed by atoms with E-state index in [1.54, 1.807) is 0 Å². The lowest BCUT2D eigenvalue weighted by Crippen LogP contribution is -3.10. The molecular formula is C13H31NO6S. The first-order chi connectivity index (χ1) is 9.76. The number of aliphatic hydroxyl groups excluding tert-OH is 2. The van der Waals surface area contributed by atoms with Gasteiger partial charge in [0.05, 0.1) is 27.3 Å². The quantitative estimate of drug-likeness (QED) is 0.263. The Morgan fingerprint density at radius 2 is 1.67 bits per heavy atom. The Morgan fingerprint density at radius 3 is 2.10 bits per heavy atom. The Kier molecular flexibility index (Phi) is 16.1. The molecular weight excluding hydrogens is 298 g/mol. The second-order valence-electron chi connectivity index (χ2n) is 5.09. The molecule has 0 aliphatic heterocycles.